The minimum Gasteiger partial charge on any atom is -0.508 e. The number of phenols is 1. The van der Waals surface area contributed by atoms with Crippen LogP contribution in [0.4, 0.5) is 10.5 Å². The minimum absolute atomic E-state index is 0.0652. The lowest BCUT2D eigenvalue weighted by Gasteiger charge is -2.35. The van der Waals surface area contributed by atoms with E-state index >= 15 is 0 Å². The molecule has 1 aliphatic carbocycles. The fourth-order valence-corrected chi connectivity index (χ4v) is 4.20. The van der Waals surface area contributed by atoms with Crippen LogP contribution in [0.1, 0.15) is 71.0 Å². The van der Waals surface area contributed by atoms with Crippen molar-refractivity contribution in [3.8, 4) is 5.75 Å². The van der Waals surface area contributed by atoms with E-state index in [1.165, 1.54) is 12.1 Å². The molecule has 2 atom stereocenters. The molecule has 0 saturated heterocycles. The van der Waals surface area contributed by atoms with Gasteiger partial charge in [0.15, 0.2) is 0 Å². The average molecular weight is 510 g/mol. The minimum atomic E-state index is -0.949. The first kappa shape index (κ1) is 28.0. The molecule has 8 heteroatoms. The van der Waals surface area contributed by atoms with Crippen molar-refractivity contribution < 1.29 is 24.2 Å². The maximum atomic E-state index is 14.1. The summed E-state index contributed by atoms with van der Waals surface area (Å²) in [7, 11) is 0. The molecule has 1 aliphatic rings. The Bertz CT molecular complexity index is 1100. The Kier molecular flexibility index (Phi) is 8.84. The van der Waals surface area contributed by atoms with Crippen LogP contribution in [0.25, 0.3) is 0 Å². The zero-order chi connectivity index (χ0) is 27.3. The maximum Gasteiger partial charge on any atom is 0.408 e. The molecule has 2 aromatic carbocycles. The van der Waals surface area contributed by atoms with Crippen molar-refractivity contribution in [2.24, 2.45) is 5.92 Å². The number of benzene rings is 2. The van der Waals surface area contributed by atoms with Crippen molar-refractivity contribution in [1.82, 2.24) is 10.2 Å². The number of alkyl carbamates (subject to hydrolysis) is 1. The summed E-state index contributed by atoms with van der Waals surface area (Å²) in [4.78, 5) is 42.1. The molecule has 3 amide bonds. The lowest BCUT2D eigenvalue weighted by Crippen LogP contribution is -2.53. The van der Waals surface area contributed by atoms with Crippen LogP contribution in [-0.2, 0) is 14.3 Å². The van der Waals surface area contributed by atoms with Crippen molar-refractivity contribution in [2.75, 3.05) is 5.32 Å². The molecule has 0 bridgehead atoms. The fourth-order valence-electron chi connectivity index (χ4n) is 4.20. The Morgan fingerprint density at radius 3 is 2.22 bits per heavy atom. The summed E-state index contributed by atoms with van der Waals surface area (Å²) in [5, 5.41) is 15.6. The summed E-state index contributed by atoms with van der Waals surface area (Å²) in [6.45, 7) is 11.1. The van der Waals surface area contributed by atoms with Crippen LogP contribution < -0.4 is 10.6 Å². The Morgan fingerprint density at radius 2 is 1.68 bits per heavy atom. The van der Waals surface area contributed by atoms with Gasteiger partial charge in [-0.25, -0.2) is 4.79 Å². The second-order valence-corrected chi connectivity index (χ2v) is 11.1. The second kappa shape index (κ2) is 11.7. The highest BCUT2D eigenvalue weighted by Gasteiger charge is 2.44. The number of nitrogens with one attached hydrogen (secondary N) is 2. The van der Waals surface area contributed by atoms with E-state index in [0.29, 0.717) is 17.7 Å². The van der Waals surface area contributed by atoms with Gasteiger partial charge in [-0.05, 0) is 82.2 Å². The quantitative estimate of drug-likeness (QED) is 0.425. The normalized spacial score (nSPS) is 15.0. The summed E-state index contributed by atoms with van der Waals surface area (Å²) >= 11 is 0. The Hall–Kier alpha value is -3.55. The molecule has 2 aromatic rings. The van der Waals surface area contributed by atoms with Crippen LogP contribution in [0.15, 0.2) is 48.5 Å². The van der Waals surface area contributed by atoms with Gasteiger partial charge >= 0.3 is 6.09 Å². The summed E-state index contributed by atoms with van der Waals surface area (Å²) < 4.78 is 5.43. The van der Waals surface area contributed by atoms with Gasteiger partial charge in [-0.15, -0.1) is 0 Å². The van der Waals surface area contributed by atoms with Crippen LogP contribution in [-0.4, -0.2) is 45.6 Å². The maximum absolute atomic E-state index is 14.1. The standard InChI is InChI=1S/C29H39N3O5/c1-18(2)17-24(31-28(36)37-29(4,5)6)27(35)32(21-13-14-21)25(20-11-15-22(33)16-12-20)26(34)30-23-10-8-7-9-19(23)3/h7-12,15-16,18,21,24-25,33H,13-14,17H2,1-6H3,(H,30,34)(H,31,36). The highest BCUT2D eigenvalue weighted by molar-refractivity contribution is 5.99. The monoisotopic (exact) mass is 509 g/mol. The summed E-state index contributed by atoms with van der Waals surface area (Å²) in [5.74, 6) is -0.519. The van der Waals surface area contributed by atoms with E-state index in [1.54, 1.807) is 37.8 Å². The smallest absolute Gasteiger partial charge is 0.408 e. The van der Waals surface area contributed by atoms with Gasteiger partial charge in [0, 0.05) is 11.7 Å². The molecule has 1 saturated carbocycles. The summed E-state index contributed by atoms with van der Waals surface area (Å²) in [6, 6.07) is 11.8. The van der Waals surface area contributed by atoms with Gasteiger partial charge < -0.3 is 25.4 Å². The third kappa shape index (κ3) is 7.97. The average Bonchev–Trinajstić information content (AvgIpc) is 3.62. The highest BCUT2D eigenvalue weighted by atomic mass is 16.6. The largest absolute Gasteiger partial charge is 0.508 e. The number of para-hydroxylation sites is 1. The third-order valence-corrected chi connectivity index (χ3v) is 6.03. The molecule has 1 fully saturated rings. The number of nitrogens with zero attached hydrogens (tertiary/aromatic N) is 1. The number of phenolic OH excluding ortho intramolecular Hbond substituents is 1. The number of carbonyl (C=O) groups is 3. The van der Waals surface area contributed by atoms with E-state index in [4.69, 9.17) is 4.74 Å². The lowest BCUT2D eigenvalue weighted by atomic mass is 9.98. The number of hydrogen-bond donors (Lipinski definition) is 3. The predicted molar refractivity (Wildman–Crippen MR) is 143 cm³/mol. The molecule has 0 spiro atoms. The van der Waals surface area contributed by atoms with E-state index in [0.717, 1.165) is 18.4 Å². The zero-order valence-corrected chi connectivity index (χ0v) is 22.6. The van der Waals surface area contributed by atoms with E-state index in [1.807, 2.05) is 45.0 Å². The van der Waals surface area contributed by atoms with Crippen LogP contribution >= 0.6 is 0 Å². The van der Waals surface area contributed by atoms with Crippen LogP contribution in [0.2, 0.25) is 0 Å². The van der Waals surface area contributed by atoms with Gasteiger partial charge in [-0.3, -0.25) is 9.59 Å². The molecular formula is C29H39N3O5. The first-order valence-electron chi connectivity index (χ1n) is 12.8. The van der Waals surface area contributed by atoms with Crippen molar-refractivity contribution in [3.05, 3.63) is 59.7 Å². The van der Waals surface area contributed by atoms with Crippen molar-refractivity contribution in [1.29, 1.82) is 0 Å². The van der Waals surface area contributed by atoms with Gasteiger partial charge in [-0.1, -0.05) is 44.2 Å². The van der Waals surface area contributed by atoms with Crippen molar-refractivity contribution >= 4 is 23.6 Å². The molecule has 0 radical (unpaired) electrons. The van der Waals surface area contributed by atoms with Crippen LogP contribution in [0.5, 0.6) is 5.75 Å². The first-order chi connectivity index (χ1) is 17.4. The molecule has 200 valence electrons. The topological polar surface area (TPSA) is 108 Å². The number of anilines is 1. The van der Waals surface area contributed by atoms with E-state index in [2.05, 4.69) is 10.6 Å². The summed E-state index contributed by atoms with van der Waals surface area (Å²) in [6.07, 6.45) is 1.24. The Balaban J connectivity index is 1.98. The molecule has 3 rings (SSSR count). The zero-order valence-electron chi connectivity index (χ0n) is 22.6. The van der Waals surface area contributed by atoms with Crippen molar-refractivity contribution in [2.45, 2.75) is 84.5 Å². The number of hydrogen-bond acceptors (Lipinski definition) is 5. The van der Waals surface area contributed by atoms with Gasteiger partial charge in [0.1, 0.15) is 23.4 Å². The van der Waals surface area contributed by atoms with Crippen LogP contribution in [0, 0.1) is 12.8 Å². The molecule has 0 aliphatic heterocycles. The fraction of sp³-hybridized carbons (Fsp3) is 0.483. The molecular weight excluding hydrogens is 470 g/mol. The van der Waals surface area contributed by atoms with E-state index in [9.17, 15) is 19.5 Å². The highest BCUT2D eigenvalue weighted by Crippen LogP contribution is 2.37. The molecule has 37 heavy (non-hydrogen) atoms. The third-order valence-electron chi connectivity index (χ3n) is 6.03. The molecule has 0 heterocycles. The first-order valence-corrected chi connectivity index (χ1v) is 12.8. The molecule has 0 aromatic heterocycles. The number of aryl methyl sites for hydroxylation is 1. The SMILES string of the molecule is Cc1ccccc1NC(=O)C(c1ccc(O)cc1)N(C(=O)C(CC(C)C)NC(=O)OC(C)(C)C)C1CC1. The second-order valence-electron chi connectivity index (χ2n) is 11.1. The van der Waals surface area contributed by atoms with Crippen molar-refractivity contribution in [3.63, 3.8) is 0 Å². The van der Waals surface area contributed by atoms with E-state index < -0.39 is 23.8 Å². The lowest BCUT2D eigenvalue weighted by molar-refractivity contribution is -0.141. The molecule has 2 unspecified atom stereocenters. The predicted octanol–water partition coefficient (Wildman–Crippen LogP) is 5.31. The van der Waals surface area contributed by atoms with Gasteiger partial charge in [0.25, 0.3) is 5.91 Å². The number of ether oxygens (including phenoxy) is 1. The number of aromatic hydroxyl groups is 1. The van der Waals surface area contributed by atoms with E-state index in [-0.39, 0.29) is 29.5 Å². The Morgan fingerprint density at radius 1 is 1.05 bits per heavy atom. The van der Waals surface area contributed by atoms with Crippen LogP contribution in [0.3, 0.4) is 0 Å². The number of carbonyl (C=O) groups excluding carboxylic acids is 3. The van der Waals surface area contributed by atoms with Gasteiger partial charge in [0.2, 0.25) is 5.91 Å². The number of rotatable bonds is 9. The Labute approximate surface area is 219 Å². The van der Waals surface area contributed by atoms with Gasteiger partial charge in [-0.2, -0.15) is 0 Å². The number of amides is 3. The molecule has 3 N–H and O–H groups in total. The van der Waals surface area contributed by atoms with Gasteiger partial charge in [0.05, 0.1) is 0 Å². The molecule has 8 nitrogen and oxygen atoms in total. The summed E-state index contributed by atoms with van der Waals surface area (Å²) in [5.41, 5.74) is 1.41.